The molecular formula is C39H25F3N4. The minimum atomic E-state index is -4.63. The Morgan fingerprint density at radius 2 is 1.20 bits per heavy atom. The number of hydrogen-bond acceptors (Lipinski definition) is 2. The standard InChI is InChI=1S/C39H25F3N4/c1-23-11-13-30-28-7-3-5-9-33(28)45(35(30)15-23)37-22-44-38(20-32(37)26-17-25(21-43)18-27(19-26)39(40,41)42)46-34-10-6-4-8-29(34)31-14-12-24(2)16-36(31)46/h3-20,22H,1-2H3. The number of alkyl halides is 3. The molecule has 0 atom stereocenters. The lowest BCUT2D eigenvalue weighted by Crippen LogP contribution is -2.07. The normalized spacial score (nSPS) is 12.0. The third-order valence-corrected chi connectivity index (χ3v) is 8.70. The van der Waals surface area contributed by atoms with Gasteiger partial charge in [-0.1, -0.05) is 60.7 Å². The van der Waals surface area contributed by atoms with Crippen molar-refractivity contribution in [3.05, 3.63) is 138 Å². The van der Waals surface area contributed by atoms with Gasteiger partial charge in [0, 0.05) is 27.1 Å². The minimum Gasteiger partial charge on any atom is -0.307 e. The lowest BCUT2D eigenvalue weighted by molar-refractivity contribution is -0.137. The van der Waals surface area contributed by atoms with Gasteiger partial charge in [-0.25, -0.2) is 4.98 Å². The van der Waals surface area contributed by atoms with E-state index in [2.05, 4.69) is 51.6 Å². The molecule has 3 aromatic heterocycles. The van der Waals surface area contributed by atoms with Gasteiger partial charge in [0.1, 0.15) is 5.82 Å². The summed E-state index contributed by atoms with van der Waals surface area (Å²) in [6, 6.07) is 35.8. The summed E-state index contributed by atoms with van der Waals surface area (Å²) in [5, 5.41) is 13.9. The number of nitriles is 1. The topological polar surface area (TPSA) is 46.5 Å². The van der Waals surface area contributed by atoms with Crippen molar-refractivity contribution < 1.29 is 13.2 Å². The molecule has 4 nitrogen and oxygen atoms in total. The van der Waals surface area contributed by atoms with Gasteiger partial charge in [-0.3, -0.25) is 4.57 Å². The first-order valence-corrected chi connectivity index (χ1v) is 14.8. The Morgan fingerprint density at radius 1 is 0.630 bits per heavy atom. The Kier molecular flexibility index (Phi) is 6.06. The number of halogens is 3. The molecule has 7 heteroatoms. The van der Waals surface area contributed by atoms with Crippen LogP contribution in [0.5, 0.6) is 0 Å². The van der Waals surface area contributed by atoms with E-state index in [1.807, 2.05) is 68.4 Å². The van der Waals surface area contributed by atoms with E-state index in [1.54, 1.807) is 6.20 Å². The van der Waals surface area contributed by atoms with Crippen LogP contribution in [-0.4, -0.2) is 14.1 Å². The molecule has 0 unspecified atom stereocenters. The van der Waals surface area contributed by atoms with Crippen LogP contribution >= 0.6 is 0 Å². The van der Waals surface area contributed by atoms with E-state index >= 15 is 0 Å². The van der Waals surface area contributed by atoms with Gasteiger partial charge >= 0.3 is 6.18 Å². The Balaban J connectivity index is 1.51. The van der Waals surface area contributed by atoms with Crippen molar-refractivity contribution in [2.75, 3.05) is 0 Å². The SMILES string of the molecule is Cc1ccc2c3ccccc3n(-c3cc(-c4cc(C#N)cc(C(F)(F)F)c4)c(-n4c5ccccc5c5ccc(C)cc54)cn3)c2c1. The van der Waals surface area contributed by atoms with Gasteiger partial charge < -0.3 is 4.57 Å². The molecule has 0 saturated carbocycles. The molecule has 0 fully saturated rings. The average molecular weight is 607 g/mol. The second kappa shape index (κ2) is 10.1. The summed E-state index contributed by atoms with van der Waals surface area (Å²) in [6.07, 6.45) is -2.90. The van der Waals surface area contributed by atoms with E-state index in [1.165, 1.54) is 6.07 Å². The average Bonchev–Trinajstić information content (AvgIpc) is 3.55. The highest BCUT2D eigenvalue weighted by Crippen LogP contribution is 2.40. The Hall–Kier alpha value is -5.87. The molecule has 0 aliphatic rings. The first-order valence-electron chi connectivity index (χ1n) is 14.8. The second-order valence-electron chi connectivity index (χ2n) is 11.7. The van der Waals surface area contributed by atoms with Crippen LogP contribution in [-0.2, 0) is 6.18 Å². The molecule has 3 heterocycles. The monoisotopic (exact) mass is 606 g/mol. The van der Waals surface area contributed by atoms with E-state index in [-0.39, 0.29) is 11.1 Å². The maximum Gasteiger partial charge on any atom is 0.416 e. The molecule has 8 aromatic rings. The van der Waals surface area contributed by atoms with Gasteiger partial charge in [-0.05, 0) is 79.1 Å². The zero-order valence-electron chi connectivity index (χ0n) is 24.9. The summed E-state index contributed by atoms with van der Waals surface area (Å²) >= 11 is 0. The summed E-state index contributed by atoms with van der Waals surface area (Å²) in [4.78, 5) is 5.00. The van der Waals surface area contributed by atoms with E-state index in [0.717, 1.165) is 66.9 Å². The lowest BCUT2D eigenvalue weighted by atomic mass is 9.99. The molecule has 0 bridgehead atoms. The smallest absolute Gasteiger partial charge is 0.307 e. The van der Waals surface area contributed by atoms with Crippen LogP contribution in [0, 0.1) is 25.2 Å². The number of pyridine rings is 1. The molecule has 0 spiro atoms. The van der Waals surface area contributed by atoms with E-state index in [4.69, 9.17) is 4.98 Å². The molecule has 46 heavy (non-hydrogen) atoms. The first kappa shape index (κ1) is 27.7. The van der Waals surface area contributed by atoms with E-state index in [9.17, 15) is 18.4 Å². The van der Waals surface area contributed by atoms with Crippen molar-refractivity contribution in [1.82, 2.24) is 14.1 Å². The lowest BCUT2D eigenvalue weighted by Gasteiger charge is -2.18. The quantitative estimate of drug-likeness (QED) is 0.201. The number of aryl methyl sites for hydroxylation is 2. The van der Waals surface area contributed by atoms with Crippen LogP contribution in [0.15, 0.2) is 115 Å². The fraction of sp³-hybridized carbons (Fsp3) is 0.0769. The Morgan fingerprint density at radius 3 is 1.80 bits per heavy atom. The van der Waals surface area contributed by atoms with Gasteiger partial charge in [0.2, 0.25) is 0 Å². The zero-order chi connectivity index (χ0) is 31.7. The maximum atomic E-state index is 14.2. The van der Waals surface area contributed by atoms with Crippen LogP contribution in [0.4, 0.5) is 13.2 Å². The van der Waals surface area contributed by atoms with Gasteiger partial charge in [0.25, 0.3) is 0 Å². The third kappa shape index (κ3) is 4.26. The van der Waals surface area contributed by atoms with Crippen LogP contribution in [0.1, 0.15) is 22.3 Å². The summed E-state index contributed by atoms with van der Waals surface area (Å²) in [6.45, 7) is 4.04. The van der Waals surface area contributed by atoms with Crippen LogP contribution in [0.25, 0.3) is 66.2 Å². The molecule has 0 N–H and O–H groups in total. The predicted molar refractivity (Wildman–Crippen MR) is 178 cm³/mol. The largest absolute Gasteiger partial charge is 0.416 e. The number of aromatic nitrogens is 3. The van der Waals surface area contributed by atoms with Crippen LogP contribution in [0.2, 0.25) is 0 Å². The van der Waals surface area contributed by atoms with Crippen molar-refractivity contribution in [2.24, 2.45) is 0 Å². The van der Waals surface area contributed by atoms with E-state index in [0.29, 0.717) is 17.1 Å². The Bertz CT molecular complexity index is 2560. The highest BCUT2D eigenvalue weighted by Gasteiger charge is 2.32. The highest BCUT2D eigenvalue weighted by atomic mass is 19.4. The molecule has 222 valence electrons. The molecule has 0 amide bonds. The highest BCUT2D eigenvalue weighted by molar-refractivity contribution is 6.11. The summed E-state index contributed by atoms with van der Waals surface area (Å²) < 4.78 is 46.7. The van der Waals surface area contributed by atoms with E-state index < -0.39 is 11.7 Å². The fourth-order valence-corrected chi connectivity index (χ4v) is 6.65. The summed E-state index contributed by atoms with van der Waals surface area (Å²) in [7, 11) is 0. The van der Waals surface area contributed by atoms with Crippen molar-refractivity contribution in [3.63, 3.8) is 0 Å². The molecule has 8 rings (SSSR count). The molecule has 5 aromatic carbocycles. The van der Waals surface area contributed by atoms with Gasteiger partial charge in [-0.2, -0.15) is 18.4 Å². The van der Waals surface area contributed by atoms with Crippen molar-refractivity contribution in [2.45, 2.75) is 20.0 Å². The van der Waals surface area contributed by atoms with Crippen LogP contribution in [0.3, 0.4) is 0 Å². The number of benzene rings is 5. The summed E-state index contributed by atoms with van der Waals surface area (Å²) in [5.41, 5.74) is 6.29. The maximum absolute atomic E-state index is 14.2. The number of hydrogen-bond donors (Lipinski definition) is 0. The molecule has 0 radical (unpaired) electrons. The van der Waals surface area contributed by atoms with Gasteiger partial charge in [0.05, 0.1) is 51.1 Å². The molecule has 0 aliphatic heterocycles. The molecular weight excluding hydrogens is 581 g/mol. The Labute approximate surface area is 262 Å². The zero-order valence-corrected chi connectivity index (χ0v) is 24.9. The van der Waals surface area contributed by atoms with Crippen LogP contribution < -0.4 is 0 Å². The fourth-order valence-electron chi connectivity index (χ4n) is 6.65. The van der Waals surface area contributed by atoms with Crippen molar-refractivity contribution >= 4 is 43.6 Å². The minimum absolute atomic E-state index is 0.0697. The number of fused-ring (bicyclic) bond motifs is 6. The van der Waals surface area contributed by atoms with Crippen molar-refractivity contribution in [1.29, 1.82) is 5.26 Å². The van der Waals surface area contributed by atoms with Gasteiger partial charge in [-0.15, -0.1) is 0 Å². The number of nitrogens with zero attached hydrogens (tertiary/aromatic N) is 4. The van der Waals surface area contributed by atoms with Crippen molar-refractivity contribution in [3.8, 4) is 28.7 Å². The summed E-state index contributed by atoms with van der Waals surface area (Å²) in [5.74, 6) is 0.559. The third-order valence-electron chi connectivity index (χ3n) is 8.70. The molecule has 0 saturated heterocycles. The second-order valence-corrected chi connectivity index (χ2v) is 11.7. The first-order chi connectivity index (χ1) is 22.2. The molecule has 0 aliphatic carbocycles. The number of para-hydroxylation sites is 2. The van der Waals surface area contributed by atoms with Gasteiger partial charge in [0.15, 0.2) is 0 Å². The predicted octanol–water partition coefficient (Wildman–Crippen LogP) is 10.5. The number of rotatable bonds is 3.